The molecule has 0 aliphatic carbocycles. The Morgan fingerprint density at radius 1 is 0.778 bits per heavy atom. The third kappa shape index (κ3) is 62.8. The molecule has 0 spiro atoms. The number of rotatable bonds is 0. The minimum absolute atomic E-state index is 0. The molecule has 0 bridgehead atoms. The van der Waals surface area contributed by atoms with Crippen molar-refractivity contribution < 1.29 is 10.6 Å². The summed E-state index contributed by atoms with van der Waals surface area (Å²) in [6.07, 6.45) is 0. The number of hydrogen-bond acceptors (Lipinski definition) is 0. The van der Waals surface area contributed by atoms with Crippen molar-refractivity contribution >= 4 is 162 Å². The minimum atomic E-state index is -4.64. The standard InChI is InChI=1S/2Al.3FH.2Li.2Sr.9H/h;;3*1H;;;;;;;;;;;;;/q;+3;;;;;;;;;;;;;;;;/p-3. The molecule has 0 radical (unpaired) electrons. The fraction of sp³-hybridized carbons (Fsp3) is 0. The van der Waals surface area contributed by atoms with E-state index in [4.69, 9.17) is 0 Å². The van der Waals surface area contributed by atoms with E-state index in [9.17, 15) is 10.6 Å². The van der Waals surface area contributed by atoms with Gasteiger partial charge in [0.05, 0.1) is 0 Å². The molecule has 0 aromatic heterocycles. The van der Waals surface area contributed by atoms with Crippen molar-refractivity contribution in [3.63, 3.8) is 0 Å². The average Bonchev–Trinajstić information content (AvgIpc) is 0.811. The van der Waals surface area contributed by atoms with Crippen LogP contribution in [0.1, 0.15) is 0 Å². The fourth-order valence-corrected chi connectivity index (χ4v) is 0. The second kappa shape index (κ2) is 29.2. The van der Waals surface area contributed by atoms with Gasteiger partial charge in [-0.05, 0) is 0 Å². The Balaban J connectivity index is -0.00000000450. The van der Waals surface area contributed by atoms with Crippen LogP contribution in [-0.4, -0.2) is 162 Å². The predicted molar refractivity (Wildman–Crippen MR) is 50.4 cm³/mol. The molecule has 9 heteroatoms. The van der Waals surface area contributed by atoms with Gasteiger partial charge in [0.2, 0.25) is 0 Å². The van der Waals surface area contributed by atoms with Gasteiger partial charge < -0.3 is 10.6 Å². The summed E-state index contributed by atoms with van der Waals surface area (Å²) in [5.74, 6) is 0. The summed E-state index contributed by atoms with van der Waals surface area (Å²) in [4.78, 5) is 0. The van der Waals surface area contributed by atoms with Crippen LogP contribution in [0, 0.1) is 0 Å². The third-order valence-corrected chi connectivity index (χ3v) is 0. The van der Waals surface area contributed by atoms with Crippen molar-refractivity contribution in [1.82, 2.24) is 0 Å². The van der Waals surface area contributed by atoms with Crippen molar-refractivity contribution in [2.75, 3.05) is 0 Å². The van der Waals surface area contributed by atoms with E-state index >= 15 is 0 Å². The van der Waals surface area contributed by atoms with Crippen molar-refractivity contribution in [3.8, 4) is 0 Å². The van der Waals surface area contributed by atoms with Gasteiger partial charge >= 0.3 is 144 Å². The summed E-state index contributed by atoms with van der Waals surface area (Å²) in [6.45, 7) is 0. The molecule has 0 nitrogen and oxygen atoms in total. The topological polar surface area (TPSA) is 0 Å². The Morgan fingerprint density at radius 3 is 0.778 bits per heavy atom. The molecule has 0 atom stereocenters. The monoisotopic (exact) mass is 310 g/mol. The van der Waals surface area contributed by atoms with Crippen LogP contribution in [0.25, 0.3) is 0 Å². The van der Waals surface area contributed by atoms with Crippen molar-refractivity contribution in [1.29, 1.82) is 0 Å². The Kier molecular flexibility index (Phi) is 120. The van der Waals surface area contributed by atoms with E-state index in [0.717, 1.165) is 0 Å². The van der Waals surface area contributed by atoms with E-state index in [1.54, 1.807) is 0 Å². The van der Waals surface area contributed by atoms with E-state index in [1.807, 2.05) is 0 Å². The molecule has 42 valence electrons. The maximum absolute atomic E-state index is 9.81. The molecule has 0 aliphatic heterocycles. The molecule has 0 aromatic rings. The zero-order valence-electron chi connectivity index (χ0n) is 1.71. The van der Waals surface area contributed by atoms with Crippen LogP contribution in [-0.2, 0) is 0 Å². The quantitative estimate of drug-likeness (QED) is 0.409. The fourth-order valence-electron chi connectivity index (χ4n) is 0. The van der Waals surface area contributed by atoms with E-state index in [2.05, 4.69) is 0 Å². The molecular formula is H9Al2F3Li2Sr2. The van der Waals surface area contributed by atoms with Gasteiger partial charge in [0.25, 0.3) is 0 Å². The molecule has 0 N–H and O–H groups in total. The summed E-state index contributed by atoms with van der Waals surface area (Å²) in [6, 6.07) is 0. The molecular weight excluding hydrogens is 300 g/mol. The van der Waals surface area contributed by atoms with Crippen LogP contribution >= 0.6 is 0 Å². The van der Waals surface area contributed by atoms with Gasteiger partial charge in [-0.15, -0.1) is 0 Å². The van der Waals surface area contributed by atoms with Gasteiger partial charge in [-0.3, -0.25) is 0 Å². The van der Waals surface area contributed by atoms with E-state index in [0.29, 0.717) is 0 Å². The van der Waals surface area contributed by atoms with Gasteiger partial charge in [0.1, 0.15) is 0 Å². The van der Waals surface area contributed by atoms with Gasteiger partial charge in [-0.25, -0.2) is 0 Å². The molecule has 0 saturated heterocycles. The Hall–Kier alpha value is 5.01. The van der Waals surface area contributed by atoms with Crippen LogP contribution in [0.5, 0.6) is 0 Å². The van der Waals surface area contributed by atoms with E-state index < -0.39 is 15.5 Å². The SMILES string of the molecule is [AlH3].[F][Al]([F])[F].[LiH].[LiH].[SrH2].[SrH2]. The third-order valence-electron chi connectivity index (χ3n) is 0. The molecule has 0 heterocycles. The van der Waals surface area contributed by atoms with Gasteiger partial charge in [0, 0.05) is 0 Å². The normalized spacial score (nSPS) is 3.00. The van der Waals surface area contributed by atoms with Crippen LogP contribution in [0.15, 0.2) is 0 Å². The molecule has 0 aromatic carbocycles. The molecule has 0 amide bonds. The van der Waals surface area contributed by atoms with Crippen LogP contribution in [0.3, 0.4) is 0 Å². The maximum atomic E-state index is 9.81. The Morgan fingerprint density at radius 2 is 0.778 bits per heavy atom. The zero-order valence-corrected chi connectivity index (χ0v) is 2.87. The molecule has 0 aliphatic rings. The first-order valence-electron chi connectivity index (χ1n) is 0.655. The number of hydrogen-bond donors (Lipinski definition) is 0. The number of halogens is 3. The Bertz CT molecular complexity index is 22.5. The van der Waals surface area contributed by atoms with Crippen LogP contribution in [0.4, 0.5) is 10.6 Å². The second-order valence-electron chi connectivity index (χ2n) is 0.247. The molecule has 9 heavy (non-hydrogen) atoms. The predicted octanol–water partition coefficient (Wildman–Crippen LogP) is -3.43. The molecule has 0 unspecified atom stereocenters. The van der Waals surface area contributed by atoms with Gasteiger partial charge in [0.15, 0.2) is 17.4 Å². The Labute approximate surface area is 167 Å². The van der Waals surface area contributed by atoms with E-state index in [1.165, 1.54) is 0 Å². The van der Waals surface area contributed by atoms with Gasteiger partial charge in [-0.2, -0.15) is 0 Å². The molecule has 0 fully saturated rings. The molecule has 0 saturated carbocycles. The summed E-state index contributed by atoms with van der Waals surface area (Å²) in [7, 11) is 0. The first-order chi connectivity index (χ1) is 1.73. The summed E-state index contributed by atoms with van der Waals surface area (Å²) in [5, 5.41) is 0. The van der Waals surface area contributed by atoms with Crippen molar-refractivity contribution in [3.05, 3.63) is 0 Å². The summed E-state index contributed by atoms with van der Waals surface area (Å²) >= 11 is -4.64. The molecule has 0 rings (SSSR count). The summed E-state index contributed by atoms with van der Waals surface area (Å²) < 4.78 is 29.4. The van der Waals surface area contributed by atoms with Gasteiger partial charge in [-0.1, -0.05) is 0 Å². The van der Waals surface area contributed by atoms with Crippen LogP contribution in [0.2, 0.25) is 0 Å². The average molecular weight is 309 g/mol. The van der Waals surface area contributed by atoms with Crippen LogP contribution < -0.4 is 0 Å². The zero-order chi connectivity index (χ0) is 3.58. The van der Waals surface area contributed by atoms with Crippen molar-refractivity contribution in [2.24, 2.45) is 0 Å². The van der Waals surface area contributed by atoms with Crippen molar-refractivity contribution in [2.45, 2.75) is 0 Å². The first kappa shape index (κ1) is 37.0. The van der Waals surface area contributed by atoms with E-state index in [-0.39, 0.29) is 146 Å². The first-order valence-corrected chi connectivity index (χ1v) is 1.96. The second-order valence-corrected chi connectivity index (χ2v) is 0.742. The summed E-state index contributed by atoms with van der Waals surface area (Å²) in [5.41, 5.74) is 0.